The van der Waals surface area contributed by atoms with Crippen LogP contribution in [0.1, 0.15) is 31.9 Å². The molecule has 4 unspecified atom stereocenters. The van der Waals surface area contributed by atoms with E-state index in [0.29, 0.717) is 0 Å². The highest BCUT2D eigenvalue weighted by molar-refractivity contribution is 5.68. The van der Waals surface area contributed by atoms with E-state index in [4.69, 9.17) is 37.9 Å². The van der Waals surface area contributed by atoms with Gasteiger partial charge in [0.2, 0.25) is 0 Å². The van der Waals surface area contributed by atoms with Crippen molar-refractivity contribution in [2.24, 2.45) is 0 Å². The van der Waals surface area contributed by atoms with Crippen molar-refractivity contribution in [2.45, 2.75) is 95.4 Å². The Morgan fingerprint density at radius 3 is 1.65 bits per heavy atom. The third kappa shape index (κ3) is 9.53. The van der Waals surface area contributed by atoms with Gasteiger partial charge in [0, 0.05) is 20.8 Å². The van der Waals surface area contributed by atoms with Gasteiger partial charge < -0.3 is 53.2 Å². The number of hydrogen-bond donors (Lipinski definition) is 3. The molecule has 2 fully saturated rings. The Hall–Kier alpha value is -3.47. The maximum atomic E-state index is 12.1. The van der Waals surface area contributed by atoms with Crippen molar-refractivity contribution in [3.05, 3.63) is 71.8 Å². The molecular weight excluding hydrogens is 608 g/mol. The standard InChI is InChI=1S/C32H40O14/c1-18(34)42-26-24(45-31(38)29(44-20(3)36)28(26)43-19(2)35)17-41-32-30(40-16-22-12-8-5-9-13-22)27(25(37)23(14-33)46-32)39-15-21-10-6-4-7-11-21/h4-13,23-33,37-38H,14-17H2,1-3H3/t23?,24?,25-,26-,27+,28+,29?,30?,31+,32-/m1/s1. The van der Waals surface area contributed by atoms with Crippen LogP contribution >= 0.6 is 0 Å². The van der Waals surface area contributed by atoms with E-state index in [9.17, 15) is 29.7 Å². The van der Waals surface area contributed by atoms with Gasteiger partial charge in [-0.1, -0.05) is 60.7 Å². The fraction of sp³-hybridized carbons (Fsp3) is 0.531. The van der Waals surface area contributed by atoms with Crippen molar-refractivity contribution in [1.82, 2.24) is 0 Å². The number of carbonyl (C=O) groups excluding carboxylic acids is 3. The summed E-state index contributed by atoms with van der Waals surface area (Å²) in [6.07, 6.45) is -13.2. The molecule has 2 aliphatic heterocycles. The summed E-state index contributed by atoms with van der Waals surface area (Å²) in [5.74, 6) is -2.37. The third-order valence-corrected chi connectivity index (χ3v) is 7.31. The van der Waals surface area contributed by atoms with E-state index >= 15 is 0 Å². The summed E-state index contributed by atoms with van der Waals surface area (Å²) in [5, 5.41) is 31.9. The molecule has 0 spiro atoms. The Kier molecular flexibility index (Phi) is 13.0. The monoisotopic (exact) mass is 648 g/mol. The molecule has 0 saturated carbocycles. The molecule has 2 aromatic carbocycles. The van der Waals surface area contributed by atoms with Crippen molar-refractivity contribution in [3.63, 3.8) is 0 Å². The molecule has 0 amide bonds. The van der Waals surface area contributed by atoms with E-state index < -0.39 is 92.5 Å². The highest BCUT2D eigenvalue weighted by Gasteiger charge is 2.53. The lowest BCUT2D eigenvalue weighted by atomic mass is 9.97. The summed E-state index contributed by atoms with van der Waals surface area (Å²) in [6, 6.07) is 18.5. The average Bonchev–Trinajstić information content (AvgIpc) is 3.02. The van der Waals surface area contributed by atoms with Crippen LogP contribution < -0.4 is 0 Å². The molecule has 0 radical (unpaired) electrons. The zero-order valence-electron chi connectivity index (χ0n) is 25.7. The minimum atomic E-state index is -1.79. The molecule has 10 atom stereocenters. The highest BCUT2D eigenvalue weighted by atomic mass is 16.7. The molecule has 2 aliphatic rings. The zero-order chi connectivity index (χ0) is 33.2. The van der Waals surface area contributed by atoms with Crippen LogP contribution in [-0.2, 0) is 65.5 Å². The van der Waals surface area contributed by atoms with Crippen LogP contribution in [0.3, 0.4) is 0 Å². The minimum Gasteiger partial charge on any atom is -0.456 e. The summed E-state index contributed by atoms with van der Waals surface area (Å²) in [7, 11) is 0. The molecule has 2 heterocycles. The predicted molar refractivity (Wildman–Crippen MR) is 155 cm³/mol. The van der Waals surface area contributed by atoms with Gasteiger partial charge in [0.1, 0.15) is 30.5 Å². The summed E-state index contributed by atoms with van der Waals surface area (Å²) in [5.41, 5.74) is 1.64. The normalized spacial score (nSPS) is 31.1. The second-order valence-corrected chi connectivity index (χ2v) is 10.9. The van der Waals surface area contributed by atoms with Crippen LogP contribution in [0.4, 0.5) is 0 Å². The van der Waals surface area contributed by atoms with Gasteiger partial charge in [0.05, 0.1) is 26.4 Å². The van der Waals surface area contributed by atoms with Gasteiger partial charge >= 0.3 is 17.9 Å². The molecule has 3 N–H and O–H groups in total. The van der Waals surface area contributed by atoms with Crippen molar-refractivity contribution in [3.8, 4) is 0 Å². The molecule has 4 rings (SSSR count). The highest BCUT2D eigenvalue weighted by Crippen LogP contribution is 2.32. The molecule has 14 heteroatoms. The maximum absolute atomic E-state index is 12.1. The van der Waals surface area contributed by atoms with Crippen molar-refractivity contribution in [2.75, 3.05) is 13.2 Å². The molecule has 46 heavy (non-hydrogen) atoms. The molecule has 0 bridgehead atoms. The Balaban J connectivity index is 1.59. The van der Waals surface area contributed by atoms with E-state index in [1.165, 1.54) is 0 Å². The quantitative estimate of drug-likeness (QED) is 0.204. The van der Waals surface area contributed by atoms with Crippen molar-refractivity contribution >= 4 is 17.9 Å². The molecular formula is C32H40O14. The summed E-state index contributed by atoms with van der Waals surface area (Å²) in [4.78, 5) is 35.8. The Morgan fingerprint density at radius 2 is 1.13 bits per heavy atom. The van der Waals surface area contributed by atoms with Crippen molar-refractivity contribution in [1.29, 1.82) is 0 Å². The first-order chi connectivity index (χ1) is 22.1. The first-order valence-corrected chi connectivity index (χ1v) is 14.8. The summed E-state index contributed by atoms with van der Waals surface area (Å²) in [6.45, 7) is 2.49. The topological polar surface area (TPSA) is 186 Å². The van der Waals surface area contributed by atoms with Gasteiger partial charge in [-0.2, -0.15) is 0 Å². The fourth-order valence-electron chi connectivity index (χ4n) is 5.27. The van der Waals surface area contributed by atoms with Gasteiger partial charge in [-0.3, -0.25) is 14.4 Å². The van der Waals surface area contributed by atoms with E-state index in [-0.39, 0.29) is 13.2 Å². The van der Waals surface area contributed by atoms with Gasteiger partial charge in [-0.05, 0) is 11.1 Å². The lowest BCUT2D eigenvalue weighted by molar-refractivity contribution is -0.337. The predicted octanol–water partition coefficient (Wildman–Crippen LogP) is 0.764. The number of esters is 3. The third-order valence-electron chi connectivity index (χ3n) is 7.31. The second-order valence-electron chi connectivity index (χ2n) is 10.9. The van der Waals surface area contributed by atoms with Gasteiger partial charge in [0.15, 0.2) is 30.9 Å². The van der Waals surface area contributed by atoms with Crippen LogP contribution in [0.2, 0.25) is 0 Å². The van der Waals surface area contributed by atoms with E-state index in [1.807, 2.05) is 60.7 Å². The fourth-order valence-corrected chi connectivity index (χ4v) is 5.27. The number of rotatable bonds is 13. The van der Waals surface area contributed by atoms with Gasteiger partial charge in [0.25, 0.3) is 0 Å². The second kappa shape index (κ2) is 16.9. The maximum Gasteiger partial charge on any atom is 0.303 e. The molecule has 2 aromatic rings. The SMILES string of the molecule is CC(=O)OC1[C@@H](OC(C)=O)[C@H](OC(C)=O)C(CO[C@@H]2OC(CO)[C@@H](O)[C@H](OCc3ccccc3)C2OCc2ccccc2)O[C@@H]1O. The van der Waals surface area contributed by atoms with Crippen LogP contribution in [0.15, 0.2) is 60.7 Å². The lowest BCUT2D eigenvalue weighted by Gasteiger charge is -2.45. The Bertz CT molecular complexity index is 1260. The average molecular weight is 649 g/mol. The number of aliphatic hydroxyl groups excluding tert-OH is 3. The van der Waals surface area contributed by atoms with E-state index in [0.717, 1.165) is 31.9 Å². The molecule has 14 nitrogen and oxygen atoms in total. The van der Waals surface area contributed by atoms with E-state index in [2.05, 4.69) is 0 Å². The van der Waals surface area contributed by atoms with Crippen LogP contribution in [0.5, 0.6) is 0 Å². The Morgan fingerprint density at radius 1 is 0.630 bits per heavy atom. The summed E-state index contributed by atoms with van der Waals surface area (Å²) >= 11 is 0. The molecule has 252 valence electrons. The zero-order valence-corrected chi connectivity index (χ0v) is 25.7. The van der Waals surface area contributed by atoms with Crippen molar-refractivity contribution < 1.29 is 67.6 Å². The minimum absolute atomic E-state index is 0.0870. The van der Waals surface area contributed by atoms with Crippen LogP contribution in [0, 0.1) is 0 Å². The Labute approximate surface area is 266 Å². The molecule has 2 saturated heterocycles. The number of carbonyl (C=O) groups is 3. The van der Waals surface area contributed by atoms with Crippen LogP contribution in [-0.4, -0.2) is 108 Å². The number of benzene rings is 2. The number of ether oxygens (including phenoxy) is 8. The summed E-state index contributed by atoms with van der Waals surface area (Å²) < 4.78 is 45.9. The largest absolute Gasteiger partial charge is 0.456 e. The molecule has 0 aliphatic carbocycles. The van der Waals surface area contributed by atoms with Crippen LogP contribution in [0.25, 0.3) is 0 Å². The lowest BCUT2D eigenvalue weighted by Crippen LogP contribution is -2.64. The molecule has 0 aromatic heterocycles. The van der Waals surface area contributed by atoms with Gasteiger partial charge in [-0.15, -0.1) is 0 Å². The first kappa shape index (κ1) is 35.4. The van der Waals surface area contributed by atoms with E-state index in [1.54, 1.807) is 0 Å². The smallest absolute Gasteiger partial charge is 0.303 e. The number of hydrogen-bond acceptors (Lipinski definition) is 14. The van der Waals surface area contributed by atoms with Gasteiger partial charge in [-0.25, -0.2) is 0 Å². The number of aliphatic hydroxyl groups is 3. The first-order valence-electron chi connectivity index (χ1n) is 14.8.